The van der Waals surface area contributed by atoms with Crippen molar-refractivity contribution in [3.05, 3.63) is 0 Å². The lowest BCUT2D eigenvalue weighted by Gasteiger charge is -2.34. The summed E-state index contributed by atoms with van der Waals surface area (Å²) in [7, 11) is 0. The number of carbonyl (C=O) groups excluding carboxylic acids is 4. The number of carbonyl (C=O) groups is 4. The number of hydrogen-bond acceptors (Lipinski definition) is 4. The lowest BCUT2D eigenvalue weighted by atomic mass is 9.80. The number of Topliss-reactive ketones (excluding diaryl/α,β-unsaturated/α-hetero) is 1. The van der Waals surface area contributed by atoms with Crippen LogP contribution in [-0.2, 0) is 19.2 Å². The summed E-state index contributed by atoms with van der Waals surface area (Å²) in [6.45, 7) is 10.4. The van der Waals surface area contributed by atoms with Crippen LogP contribution in [0.4, 0.5) is 0 Å². The van der Waals surface area contributed by atoms with Gasteiger partial charge in [-0.2, -0.15) is 0 Å². The maximum atomic E-state index is 13.3. The van der Waals surface area contributed by atoms with Crippen LogP contribution in [0.5, 0.6) is 0 Å². The third-order valence-electron chi connectivity index (χ3n) is 6.87. The van der Waals surface area contributed by atoms with Gasteiger partial charge >= 0.3 is 0 Å². The lowest BCUT2D eigenvalue weighted by molar-refractivity contribution is -0.428. The standard InChI is InChI=1S/C22H38N4O4/c1-12(2)14-9-10-26(21(30)18(23)22(3,4)5)16(14)20(29)25-15(17(27)19(24)28)11-13-7-6-8-13/h12-16,18H,6-11,23H2,1-5H3,(H2,24,28)(H,25,29)/p+1. The van der Waals surface area contributed by atoms with Crippen molar-refractivity contribution in [1.82, 2.24) is 10.2 Å². The van der Waals surface area contributed by atoms with Crippen LogP contribution >= 0.6 is 0 Å². The Kier molecular flexibility index (Phi) is 7.66. The monoisotopic (exact) mass is 423 g/mol. The molecule has 1 heterocycles. The molecule has 4 unspecified atom stereocenters. The van der Waals surface area contributed by atoms with Gasteiger partial charge in [0.1, 0.15) is 6.04 Å². The van der Waals surface area contributed by atoms with Crippen LogP contribution in [0, 0.1) is 23.2 Å². The van der Waals surface area contributed by atoms with E-state index < -0.39 is 29.8 Å². The Morgan fingerprint density at radius 1 is 1.13 bits per heavy atom. The van der Waals surface area contributed by atoms with E-state index in [1.165, 1.54) is 0 Å². The highest BCUT2D eigenvalue weighted by Crippen LogP contribution is 2.34. The molecule has 2 aliphatic rings. The van der Waals surface area contributed by atoms with E-state index in [-0.39, 0.29) is 29.1 Å². The van der Waals surface area contributed by atoms with E-state index in [2.05, 4.69) is 11.1 Å². The van der Waals surface area contributed by atoms with Crippen molar-refractivity contribution in [2.24, 2.45) is 28.9 Å². The van der Waals surface area contributed by atoms with Crippen molar-refractivity contribution in [2.75, 3.05) is 6.54 Å². The van der Waals surface area contributed by atoms with Gasteiger partial charge in [0.05, 0.1) is 6.04 Å². The molecule has 0 radical (unpaired) electrons. The first kappa shape index (κ1) is 24.3. The number of primary amides is 1. The third-order valence-corrected chi connectivity index (χ3v) is 6.87. The number of likely N-dealkylation sites (tertiary alicyclic amines) is 1. The van der Waals surface area contributed by atoms with Gasteiger partial charge in [0.25, 0.3) is 11.8 Å². The van der Waals surface area contributed by atoms with Crippen LogP contribution in [0.25, 0.3) is 0 Å². The van der Waals surface area contributed by atoms with E-state index in [1.54, 1.807) is 4.90 Å². The number of hydrogen-bond donors (Lipinski definition) is 3. The fraction of sp³-hybridized carbons (Fsp3) is 0.818. The maximum absolute atomic E-state index is 13.3. The third kappa shape index (κ3) is 5.39. The zero-order valence-electron chi connectivity index (χ0n) is 19.1. The lowest BCUT2D eigenvalue weighted by Crippen LogP contribution is -2.73. The predicted octanol–water partition coefficient (Wildman–Crippen LogP) is 0.246. The van der Waals surface area contributed by atoms with Crippen molar-refractivity contribution < 1.29 is 24.9 Å². The second-order valence-corrected chi connectivity index (χ2v) is 10.4. The SMILES string of the molecule is CC(C)C1CCN(C(=O)C([NH3+])C(C)(C)C)C1C(=O)NC(CC1CCC1)C(=O)C(N)=O. The molecule has 1 aliphatic heterocycles. The van der Waals surface area contributed by atoms with Crippen molar-refractivity contribution in [3.8, 4) is 0 Å². The van der Waals surface area contributed by atoms with Gasteiger partial charge in [-0.3, -0.25) is 19.2 Å². The van der Waals surface area contributed by atoms with E-state index in [0.717, 1.165) is 25.7 Å². The first-order valence-electron chi connectivity index (χ1n) is 11.1. The molecular weight excluding hydrogens is 384 g/mol. The van der Waals surface area contributed by atoms with Crippen molar-refractivity contribution in [1.29, 1.82) is 0 Å². The normalized spacial score (nSPS) is 24.3. The number of amides is 3. The second-order valence-electron chi connectivity index (χ2n) is 10.4. The van der Waals surface area contributed by atoms with Crippen LogP contribution in [0.15, 0.2) is 0 Å². The van der Waals surface area contributed by atoms with Crippen LogP contribution in [0.2, 0.25) is 0 Å². The van der Waals surface area contributed by atoms with Gasteiger partial charge in [-0.25, -0.2) is 0 Å². The molecule has 8 nitrogen and oxygen atoms in total. The van der Waals surface area contributed by atoms with Crippen LogP contribution in [0.1, 0.15) is 66.7 Å². The van der Waals surface area contributed by atoms with Gasteiger partial charge in [0, 0.05) is 12.0 Å². The Morgan fingerprint density at radius 3 is 2.17 bits per heavy atom. The topological polar surface area (TPSA) is 137 Å². The molecular formula is C22H39N4O4+. The predicted molar refractivity (Wildman–Crippen MR) is 113 cm³/mol. The smallest absolute Gasteiger partial charge is 0.287 e. The Balaban J connectivity index is 2.24. The Morgan fingerprint density at radius 2 is 1.73 bits per heavy atom. The zero-order valence-corrected chi connectivity index (χ0v) is 19.1. The molecule has 6 N–H and O–H groups in total. The summed E-state index contributed by atoms with van der Waals surface area (Å²) in [5.74, 6) is -1.85. The largest absolute Gasteiger partial charge is 0.363 e. The molecule has 1 saturated carbocycles. The Hall–Kier alpha value is -1.96. The summed E-state index contributed by atoms with van der Waals surface area (Å²) in [4.78, 5) is 52.0. The molecule has 4 atom stereocenters. The number of quaternary nitrogens is 1. The molecule has 0 bridgehead atoms. The van der Waals surface area contributed by atoms with Gasteiger partial charge in [-0.15, -0.1) is 0 Å². The Labute approximate surface area is 179 Å². The highest BCUT2D eigenvalue weighted by Gasteiger charge is 2.47. The molecule has 3 amide bonds. The molecule has 30 heavy (non-hydrogen) atoms. The quantitative estimate of drug-likeness (QED) is 0.482. The summed E-state index contributed by atoms with van der Waals surface area (Å²) < 4.78 is 0. The first-order chi connectivity index (χ1) is 13.8. The highest BCUT2D eigenvalue weighted by atomic mass is 16.2. The summed E-state index contributed by atoms with van der Waals surface area (Å²) in [6, 6.07) is -2.09. The molecule has 1 aliphatic carbocycles. The van der Waals surface area contributed by atoms with Crippen LogP contribution in [0.3, 0.4) is 0 Å². The number of nitrogens with zero attached hydrogens (tertiary/aromatic N) is 1. The van der Waals surface area contributed by atoms with E-state index in [9.17, 15) is 19.2 Å². The van der Waals surface area contributed by atoms with Crippen LogP contribution in [-0.4, -0.2) is 53.1 Å². The molecule has 1 saturated heterocycles. The fourth-order valence-electron chi connectivity index (χ4n) is 4.39. The molecule has 2 fully saturated rings. The molecule has 0 aromatic carbocycles. The summed E-state index contributed by atoms with van der Waals surface area (Å²) >= 11 is 0. The fourth-order valence-corrected chi connectivity index (χ4v) is 4.39. The average Bonchev–Trinajstić information content (AvgIpc) is 3.06. The second kappa shape index (κ2) is 9.45. The number of rotatable bonds is 8. The van der Waals surface area contributed by atoms with Crippen molar-refractivity contribution >= 4 is 23.5 Å². The molecule has 0 aromatic heterocycles. The van der Waals surface area contributed by atoms with Crippen molar-refractivity contribution in [3.63, 3.8) is 0 Å². The Bertz CT molecular complexity index is 681. The number of ketones is 1. The number of nitrogens with two attached hydrogens (primary N) is 1. The first-order valence-corrected chi connectivity index (χ1v) is 11.1. The summed E-state index contributed by atoms with van der Waals surface area (Å²) in [5, 5.41) is 2.78. The molecule has 170 valence electrons. The van der Waals surface area contributed by atoms with Gasteiger partial charge in [0.15, 0.2) is 6.04 Å². The maximum Gasteiger partial charge on any atom is 0.287 e. The number of nitrogens with one attached hydrogen (secondary N) is 1. The van der Waals surface area contributed by atoms with Crippen LogP contribution < -0.4 is 16.8 Å². The summed E-state index contributed by atoms with van der Waals surface area (Å²) in [5.41, 5.74) is 8.95. The minimum Gasteiger partial charge on any atom is -0.363 e. The van der Waals surface area contributed by atoms with E-state index >= 15 is 0 Å². The van der Waals surface area contributed by atoms with Gasteiger partial charge in [0.2, 0.25) is 11.7 Å². The van der Waals surface area contributed by atoms with Gasteiger partial charge in [-0.1, -0.05) is 53.9 Å². The van der Waals surface area contributed by atoms with Gasteiger partial charge in [-0.05, 0) is 30.6 Å². The van der Waals surface area contributed by atoms with E-state index in [0.29, 0.717) is 18.9 Å². The summed E-state index contributed by atoms with van der Waals surface area (Å²) in [6.07, 6.45) is 4.19. The average molecular weight is 424 g/mol. The zero-order chi connectivity index (χ0) is 22.8. The van der Waals surface area contributed by atoms with E-state index in [4.69, 9.17) is 5.73 Å². The minimum atomic E-state index is -1.04. The molecule has 8 heteroatoms. The van der Waals surface area contributed by atoms with Gasteiger partial charge < -0.3 is 21.7 Å². The molecule has 0 aromatic rings. The highest BCUT2D eigenvalue weighted by molar-refractivity contribution is 6.37. The molecule has 0 spiro atoms. The van der Waals surface area contributed by atoms with E-state index in [1.807, 2.05) is 34.6 Å². The van der Waals surface area contributed by atoms with Crippen molar-refractivity contribution in [2.45, 2.75) is 84.8 Å². The molecule has 2 rings (SSSR count). The minimum absolute atomic E-state index is 0.0193.